The summed E-state index contributed by atoms with van der Waals surface area (Å²) in [4.78, 5) is 23.8. The van der Waals surface area contributed by atoms with Crippen molar-refractivity contribution < 1.29 is 13.2 Å². The Kier molecular flexibility index (Phi) is 4.38. The number of hydrogen-bond donors (Lipinski definition) is 0. The van der Waals surface area contributed by atoms with Gasteiger partial charge in [-0.05, 0) is 35.9 Å². The van der Waals surface area contributed by atoms with E-state index in [9.17, 15) is 18.0 Å². The Morgan fingerprint density at radius 2 is 1.93 bits per heavy atom. The maximum atomic E-state index is 13.0. The van der Waals surface area contributed by atoms with E-state index in [2.05, 4.69) is 15.0 Å². The highest BCUT2D eigenvalue weighted by Crippen LogP contribution is 2.29. The summed E-state index contributed by atoms with van der Waals surface area (Å²) in [6, 6.07) is 8.89. The molecule has 0 amide bonds. The van der Waals surface area contributed by atoms with Crippen LogP contribution in [0.4, 0.5) is 13.2 Å². The van der Waals surface area contributed by atoms with E-state index in [1.165, 1.54) is 6.07 Å². The van der Waals surface area contributed by atoms with Gasteiger partial charge in [0.05, 0.1) is 17.9 Å². The smallest absolute Gasteiger partial charge is 0.327 e. The topological polar surface area (TPSA) is 65.6 Å². The maximum absolute atomic E-state index is 13.0. The molecule has 0 aromatic carbocycles. The molecule has 2 aromatic heterocycles. The monoisotopic (exact) mass is 405 g/mol. The largest absolute Gasteiger partial charge is 0.433 e. The van der Waals surface area contributed by atoms with Gasteiger partial charge in [-0.1, -0.05) is 17.7 Å². The van der Waals surface area contributed by atoms with Gasteiger partial charge in [-0.15, -0.1) is 0 Å². The summed E-state index contributed by atoms with van der Waals surface area (Å²) in [5.74, 6) is 0.341. The van der Waals surface area contributed by atoms with Crippen molar-refractivity contribution in [3.8, 4) is 17.2 Å². The van der Waals surface area contributed by atoms with Crippen LogP contribution in [0.15, 0.2) is 59.8 Å². The molecule has 10 heteroatoms. The summed E-state index contributed by atoms with van der Waals surface area (Å²) in [7, 11) is 0. The molecule has 2 aromatic rings. The number of pyridine rings is 3. The average molecular weight is 406 g/mol. The number of alkyl halides is 3. The van der Waals surface area contributed by atoms with Gasteiger partial charge in [-0.25, -0.2) is 9.78 Å². The molecule has 0 aliphatic carbocycles. The van der Waals surface area contributed by atoms with Gasteiger partial charge >= 0.3 is 11.9 Å². The van der Waals surface area contributed by atoms with Gasteiger partial charge in [0, 0.05) is 18.6 Å². The standard InChI is InChI=1S/C18H11ClF3N5O/c19-15-4-3-11(9-24-15)10-26-7-1-2-13-16(26)25-17(28)27(13)12-5-6-23-14(8-12)18(20,21)22/h1-9H,10H2. The molecule has 0 bridgehead atoms. The summed E-state index contributed by atoms with van der Waals surface area (Å²) < 4.78 is 41.8. The van der Waals surface area contributed by atoms with Crippen molar-refractivity contribution in [2.75, 3.05) is 0 Å². The average Bonchev–Trinajstić information content (AvgIpc) is 3.00. The van der Waals surface area contributed by atoms with Gasteiger partial charge < -0.3 is 4.57 Å². The first-order chi connectivity index (χ1) is 13.3. The number of nitrogens with zero attached hydrogens (tertiary/aromatic N) is 5. The molecule has 0 fully saturated rings. The van der Waals surface area contributed by atoms with Crippen molar-refractivity contribution in [1.82, 2.24) is 24.1 Å². The lowest BCUT2D eigenvalue weighted by Gasteiger charge is -2.13. The Morgan fingerprint density at radius 3 is 2.64 bits per heavy atom. The van der Waals surface area contributed by atoms with Crippen LogP contribution >= 0.6 is 11.6 Å². The first kappa shape index (κ1) is 18.2. The van der Waals surface area contributed by atoms with E-state index < -0.39 is 17.6 Å². The van der Waals surface area contributed by atoms with E-state index in [0.29, 0.717) is 23.2 Å². The quantitative estimate of drug-likeness (QED) is 0.488. The van der Waals surface area contributed by atoms with Crippen LogP contribution in [0.25, 0.3) is 17.2 Å². The Hall–Kier alpha value is -3.20. The van der Waals surface area contributed by atoms with Crippen LogP contribution in [0.3, 0.4) is 0 Å². The fourth-order valence-electron chi connectivity index (χ4n) is 2.86. The molecule has 0 saturated carbocycles. The second kappa shape index (κ2) is 6.75. The van der Waals surface area contributed by atoms with Crippen LogP contribution in [0.5, 0.6) is 0 Å². The number of rotatable bonds is 3. The first-order valence-corrected chi connectivity index (χ1v) is 8.43. The molecule has 0 atom stereocenters. The number of aromatic nitrogens is 5. The van der Waals surface area contributed by atoms with Crippen molar-refractivity contribution in [3.05, 3.63) is 81.9 Å². The number of imidazole rings is 1. The van der Waals surface area contributed by atoms with Crippen LogP contribution in [0, 0.1) is 0 Å². The van der Waals surface area contributed by atoms with Crippen molar-refractivity contribution >= 4 is 11.6 Å². The molecule has 28 heavy (non-hydrogen) atoms. The molecular weight excluding hydrogens is 395 g/mol. The lowest BCUT2D eigenvalue weighted by atomic mass is 10.2. The Bertz CT molecular complexity index is 1170. The SMILES string of the molecule is O=c1nc2n(Cc3ccc(Cl)nc3)cccc-2n1-c1ccnc(C(F)(F)F)c1. The number of hydrogen-bond acceptors (Lipinski definition) is 4. The Labute approximate surface area is 161 Å². The molecule has 2 aliphatic rings. The highest BCUT2D eigenvalue weighted by molar-refractivity contribution is 6.29. The van der Waals surface area contributed by atoms with Crippen molar-refractivity contribution in [1.29, 1.82) is 0 Å². The predicted molar refractivity (Wildman–Crippen MR) is 95.6 cm³/mol. The minimum absolute atomic E-state index is 0.0423. The van der Waals surface area contributed by atoms with Crippen LogP contribution in [-0.4, -0.2) is 24.1 Å². The maximum Gasteiger partial charge on any atom is 0.433 e. The van der Waals surface area contributed by atoms with Crippen LogP contribution in [-0.2, 0) is 12.7 Å². The van der Waals surface area contributed by atoms with Crippen LogP contribution < -0.4 is 5.69 Å². The second-order valence-corrected chi connectivity index (χ2v) is 6.35. The molecule has 6 nitrogen and oxygen atoms in total. The third kappa shape index (κ3) is 3.36. The highest BCUT2D eigenvalue weighted by Gasteiger charge is 2.33. The zero-order valence-corrected chi connectivity index (χ0v) is 14.8. The van der Waals surface area contributed by atoms with E-state index in [1.54, 1.807) is 41.2 Å². The summed E-state index contributed by atoms with van der Waals surface area (Å²) >= 11 is 5.79. The Balaban J connectivity index is 1.78. The lowest BCUT2D eigenvalue weighted by molar-refractivity contribution is -0.141. The third-order valence-corrected chi connectivity index (χ3v) is 4.31. The lowest BCUT2D eigenvalue weighted by Crippen LogP contribution is -2.16. The summed E-state index contributed by atoms with van der Waals surface area (Å²) in [5, 5.41) is 0.358. The van der Waals surface area contributed by atoms with Crippen molar-refractivity contribution in [3.63, 3.8) is 0 Å². The Morgan fingerprint density at radius 1 is 1.11 bits per heavy atom. The minimum atomic E-state index is -4.61. The van der Waals surface area contributed by atoms with Crippen LogP contribution in [0.2, 0.25) is 5.15 Å². The predicted octanol–water partition coefficient (Wildman–Crippen LogP) is 3.65. The van der Waals surface area contributed by atoms with E-state index >= 15 is 0 Å². The third-order valence-electron chi connectivity index (χ3n) is 4.09. The first-order valence-electron chi connectivity index (χ1n) is 8.05. The van der Waals surface area contributed by atoms with Crippen LogP contribution in [0.1, 0.15) is 11.3 Å². The van der Waals surface area contributed by atoms with Crippen molar-refractivity contribution in [2.45, 2.75) is 12.7 Å². The fraction of sp³-hybridized carbons (Fsp3) is 0.111. The molecule has 0 unspecified atom stereocenters. The molecule has 0 spiro atoms. The van der Waals surface area contributed by atoms with E-state index in [0.717, 1.165) is 22.4 Å². The highest BCUT2D eigenvalue weighted by atomic mass is 35.5. The molecule has 2 aliphatic heterocycles. The molecule has 0 radical (unpaired) electrons. The zero-order chi connectivity index (χ0) is 19.9. The molecule has 0 N–H and O–H groups in total. The summed E-state index contributed by atoms with van der Waals surface area (Å²) in [6.45, 7) is 0.363. The molecule has 4 rings (SSSR count). The van der Waals surface area contributed by atoms with Gasteiger partial charge in [0.1, 0.15) is 10.8 Å². The molecule has 142 valence electrons. The molecular formula is C18H11ClF3N5O. The number of halogens is 4. The van der Waals surface area contributed by atoms with Crippen molar-refractivity contribution in [2.24, 2.45) is 0 Å². The second-order valence-electron chi connectivity index (χ2n) is 5.96. The van der Waals surface area contributed by atoms with Gasteiger partial charge in [0.2, 0.25) is 0 Å². The van der Waals surface area contributed by atoms with E-state index in [1.807, 2.05) is 0 Å². The minimum Gasteiger partial charge on any atom is -0.327 e. The van der Waals surface area contributed by atoms with Gasteiger partial charge in [0.15, 0.2) is 5.82 Å². The number of fused-ring (bicyclic) bond motifs is 1. The summed E-state index contributed by atoms with van der Waals surface area (Å²) in [5.41, 5.74) is -0.507. The van der Waals surface area contributed by atoms with E-state index in [-0.39, 0.29) is 5.69 Å². The normalized spacial score (nSPS) is 11.9. The van der Waals surface area contributed by atoms with E-state index in [4.69, 9.17) is 11.6 Å². The van der Waals surface area contributed by atoms with Gasteiger partial charge in [-0.3, -0.25) is 9.55 Å². The van der Waals surface area contributed by atoms with Gasteiger partial charge in [-0.2, -0.15) is 18.2 Å². The zero-order valence-electron chi connectivity index (χ0n) is 14.1. The molecule has 4 heterocycles. The molecule has 0 saturated heterocycles. The summed E-state index contributed by atoms with van der Waals surface area (Å²) in [6.07, 6.45) is -0.278. The fourth-order valence-corrected chi connectivity index (χ4v) is 2.97. The van der Waals surface area contributed by atoms with Gasteiger partial charge in [0.25, 0.3) is 0 Å².